The van der Waals surface area contributed by atoms with Crippen LogP contribution in [-0.4, -0.2) is 17.4 Å². The highest BCUT2D eigenvalue weighted by atomic mass is 19.4. The van der Waals surface area contributed by atoms with Crippen LogP contribution in [0.15, 0.2) is 66.7 Å². The third-order valence-electron chi connectivity index (χ3n) is 4.82. The van der Waals surface area contributed by atoms with Crippen LogP contribution in [0.4, 0.5) is 13.2 Å². The average Bonchev–Trinajstić information content (AvgIpc) is 2.65. The van der Waals surface area contributed by atoms with E-state index in [0.717, 1.165) is 22.4 Å². The van der Waals surface area contributed by atoms with Crippen LogP contribution in [-0.2, 0) is 19.0 Å². The number of alkyl halides is 3. The van der Waals surface area contributed by atoms with Crippen LogP contribution >= 0.6 is 0 Å². The summed E-state index contributed by atoms with van der Waals surface area (Å²) in [7, 11) is 0. The number of hydrogen-bond donors (Lipinski definition) is 2. The number of aryl methyl sites for hydroxylation is 1. The molecule has 0 aromatic heterocycles. The van der Waals surface area contributed by atoms with Gasteiger partial charge in [0.25, 0.3) is 0 Å². The lowest BCUT2D eigenvalue weighted by Gasteiger charge is -2.26. The Morgan fingerprint density at radius 2 is 1.64 bits per heavy atom. The zero-order valence-electron chi connectivity index (χ0n) is 15.8. The lowest BCUT2D eigenvalue weighted by Crippen LogP contribution is -2.44. The minimum Gasteiger partial charge on any atom is -0.376 e. The summed E-state index contributed by atoms with van der Waals surface area (Å²) in [6, 6.07) is 19.4. The molecule has 0 aliphatic carbocycles. The van der Waals surface area contributed by atoms with Crippen molar-refractivity contribution in [1.29, 1.82) is 0 Å². The van der Waals surface area contributed by atoms with Gasteiger partial charge in [-0.3, -0.25) is 5.32 Å². The normalized spacial score (nSPS) is 14.2. The van der Waals surface area contributed by atoms with Crippen molar-refractivity contribution in [3.8, 4) is 0 Å². The highest BCUT2D eigenvalue weighted by Crippen LogP contribution is 2.29. The van der Waals surface area contributed by atoms with E-state index in [1.54, 1.807) is 13.0 Å². The van der Waals surface area contributed by atoms with Gasteiger partial charge in [-0.1, -0.05) is 60.7 Å². The fourth-order valence-electron chi connectivity index (χ4n) is 3.43. The Morgan fingerprint density at radius 3 is 2.43 bits per heavy atom. The molecular formula is C23H24F3NO. The molecule has 3 rings (SSSR count). The van der Waals surface area contributed by atoms with Gasteiger partial charge in [0.1, 0.15) is 5.72 Å². The van der Waals surface area contributed by atoms with E-state index in [0.29, 0.717) is 31.4 Å². The quantitative estimate of drug-likeness (QED) is 0.424. The lowest BCUT2D eigenvalue weighted by atomic mass is 9.97. The maximum atomic E-state index is 12.8. The second-order valence-corrected chi connectivity index (χ2v) is 7.32. The van der Waals surface area contributed by atoms with Crippen LogP contribution < -0.4 is 5.32 Å². The molecule has 3 aromatic rings. The molecule has 3 aromatic carbocycles. The monoisotopic (exact) mass is 387 g/mol. The summed E-state index contributed by atoms with van der Waals surface area (Å²) in [4.78, 5) is 0. The van der Waals surface area contributed by atoms with Gasteiger partial charge in [-0.2, -0.15) is 13.2 Å². The predicted octanol–water partition coefficient (Wildman–Crippen LogP) is 5.33. The Balaban J connectivity index is 1.55. The topological polar surface area (TPSA) is 32.3 Å². The smallest absolute Gasteiger partial charge is 0.376 e. The molecule has 0 spiro atoms. The number of fused-ring (bicyclic) bond motifs is 1. The van der Waals surface area contributed by atoms with Crippen LogP contribution in [0.3, 0.4) is 0 Å². The molecule has 0 aliphatic heterocycles. The molecule has 1 atom stereocenters. The first-order chi connectivity index (χ1) is 13.2. The zero-order valence-corrected chi connectivity index (χ0v) is 15.8. The molecule has 148 valence electrons. The molecule has 1 unspecified atom stereocenters. The maximum absolute atomic E-state index is 12.8. The van der Waals surface area contributed by atoms with E-state index in [-0.39, 0.29) is 0 Å². The van der Waals surface area contributed by atoms with Gasteiger partial charge in [0.15, 0.2) is 0 Å². The van der Waals surface area contributed by atoms with Crippen molar-refractivity contribution in [2.45, 2.75) is 38.1 Å². The second-order valence-electron chi connectivity index (χ2n) is 7.32. The lowest BCUT2D eigenvalue weighted by molar-refractivity contribution is -0.137. The van der Waals surface area contributed by atoms with E-state index in [1.807, 2.05) is 42.5 Å². The molecule has 0 saturated heterocycles. The Morgan fingerprint density at radius 1 is 0.929 bits per heavy atom. The summed E-state index contributed by atoms with van der Waals surface area (Å²) in [5.41, 5.74) is -0.0301. The Kier molecular flexibility index (Phi) is 6.06. The van der Waals surface area contributed by atoms with E-state index in [4.69, 9.17) is 0 Å². The standard InChI is InChI=1S/C23H24F3NO/c1-22(28,16-19-11-5-10-18-9-2-3-13-21(18)19)27-14-6-8-17-7-4-12-20(15-17)23(24,25)26/h2-5,7,9-13,15,27-28H,6,8,14,16H2,1H3. The third-order valence-corrected chi connectivity index (χ3v) is 4.82. The van der Waals surface area contributed by atoms with Gasteiger partial charge in [0, 0.05) is 6.42 Å². The predicted molar refractivity (Wildman–Crippen MR) is 106 cm³/mol. The molecule has 0 aliphatic rings. The largest absolute Gasteiger partial charge is 0.416 e. The van der Waals surface area contributed by atoms with Gasteiger partial charge >= 0.3 is 6.18 Å². The van der Waals surface area contributed by atoms with Crippen molar-refractivity contribution in [3.63, 3.8) is 0 Å². The highest BCUT2D eigenvalue weighted by Gasteiger charge is 2.30. The molecule has 0 heterocycles. The summed E-state index contributed by atoms with van der Waals surface area (Å²) >= 11 is 0. The molecular weight excluding hydrogens is 363 g/mol. The van der Waals surface area contributed by atoms with Gasteiger partial charge < -0.3 is 5.11 Å². The average molecular weight is 387 g/mol. The minimum atomic E-state index is -4.32. The second kappa shape index (κ2) is 8.33. The summed E-state index contributed by atoms with van der Waals surface area (Å²) in [5, 5.41) is 16.1. The molecule has 2 N–H and O–H groups in total. The van der Waals surface area contributed by atoms with Gasteiger partial charge in [-0.25, -0.2) is 0 Å². The highest BCUT2D eigenvalue weighted by molar-refractivity contribution is 5.85. The van der Waals surface area contributed by atoms with Crippen molar-refractivity contribution >= 4 is 10.8 Å². The first-order valence-corrected chi connectivity index (χ1v) is 9.35. The number of nitrogens with one attached hydrogen (secondary N) is 1. The van der Waals surface area contributed by atoms with Gasteiger partial charge in [0.05, 0.1) is 5.56 Å². The first kappa shape index (κ1) is 20.4. The van der Waals surface area contributed by atoms with Crippen LogP contribution in [0.25, 0.3) is 10.8 Å². The fourth-order valence-corrected chi connectivity index (χ4v) is 3.43. The SMILES string of the molecule is CC(O)(Cc1cccc2ccccc12)NCCCc1cccc(C(F)(F)F)c1. The number of hydrogen-bond acceptors (Lipinski definition) is 2. The maximum Gasteiger partial charge on any atom is 0.416 e. The van der Waals surface area contributed by atoms with E-state index < -0.39 is 17.5 Å². The van der Waals surface area contributed by atoms with Crippen molar-refractivity contribution in [2.75, 3.05) is 6.54 Å². The first-order valence-electron chi connectivity index (χ1n) is 9.35. The van der Waals surface area contributed by atoms with E-state index in [9.17, 15) is 18.3 Å². The molecule has 0 fully saturated rings. The molecule has 0 saturated carbocycles. The summed E-state index contributed by atoms with van der Waals surface area (Å²) in [6.07, 6.45) is -2.73. The number of aliphatic hydroxyl groups is 1. The Hall–Kier alpha value is -2.37. The summed E-state index contributed by atoms with van der Waals surface area (Å²) in [5.74, 6) is 0. The van der Waals surface area contributed by atoms with Crippen molar-refractivity contribution in [3.05, 3.63) is 83.4 Å². The number of benzene rings is 3. The number of halogens is 3. The molecule has 0 amide bonds. The fraction of sp³-hybridized carbons (Fsp3) is 0.304. The van der Waals surface area contributed by atoms with Crippen molar-refractivity contribution in [2.24, 2.45) is 0 Å². The van der Waals surface area contributed by atoms with Crippen LogP contribution in [0.5, 0.6) is 0 Å². The third kappa shape index (κ3) is 5.33. The Labute approximate surface area is 163 Å². The van der Waals surface area contributed by atoms with Crippen molar-refractivity contribution < 1.29 is 18.3 Å². The molecule has 0 radical (unpaired) electrons. The summed E-state index contributed by atoms with van der Waals surface area (Å²) in [6.45, 7) is 2.23. The number of rotatable bonds is 7. The zero-order chi connectivity index (χ0) is 20.2. The molecule has 5 heteroatoms. The van der Waals surface area contributed by atoms with E-state index in [1.165, 1.54) is 12.1 Å². The summed E-state index contributed by atoms with van der Waals surface area (Å²) < 4.78 is 38.4. The van der Waals surface area contributed by atoms with E-state index >= 15 is 0 Å². The van der Waals surface area contributed by atoms with Crippen LogP contribution in [0.2, 0.25) is 0 Å². The van der Waals surface area contributed by atoms with Gasteiger partial charge in [-0.15, -0.1) is 0 Å². The molecule has 28 heavy (non-hydrogen) atoms. The minimum absolute atomic E-state index is 0.442. The Bertz CT molecular complexity index is 929. The van der Waals surface area contributed by atoms with Gasteiger partial charge in [0.2, 0.25) is 0 Å². The van der Waals surface area contributed by atoms with Gasteiger partial charge in [-0.05, 0) is 54.3 Å². The molecule has 2 nitrogen and oxygen atoms in total. The van der Waals surface area contributed by atoms with Crippen LogP contribution in [0.1, 0.15) is 30.0 Å². The van der Waals surface area contributed by atoms with Crippen LogP contribution in [0, 0.1) is 0 Å². The molecule has 0 bridgehead atoms. The van der Waals surface area contributed by atoms with Crippen molar-refractivity contribution in [1.82, 2.24) is 5.32 Å². The van der Waals surface area contributed by atoms with E-state index in [2.05, 4.69) is 5.32 Å².